The number of carbonyl (C=O) groups is 1. The molecule has 0 radical (unpaired) electrons. The van der Waals surface area contributed by atoms with Crippen molar-refractivity contribution >= 4 is 23.3 Å². The van der Waals surface area contributed by atoms with Crippen molar-refractivity contribution in [1.29, 1.82) is 0 Å². The maximum absolute atomic E-state index is 12.9. The van der Waals surface area contributed by atoms with E-state index in [0.29, 0.717) is 16.5 Å². The molecule has 2 aromatic heterocycles. The molecular weight excluding hydrogens is 404 g/mol. The summed E-state index contributed by atoms with van der Waals surface area (Å²) in [5, 5.41) is 16.2. The number of aryl methyl sites for hydroxylation is 1. The summed E-state index contributed by atoms with van der Waals surface area (Å²) in [4.78, 5) is 12.9. The number of aromatic nitrogens is 5. The van der Waals surface area contributed by atoms with Crippen molar-refractivity contribution in [1.82, 2.24) is 24.8 Å². The van der Waals surface area contributed by atoms with Gasteiger partial charge in [0.25, 0.3) is 5.91 Å². The van der Waals surface area contributed by atoms with Crippen LogP contribution in [0.1, 0.15) is 21.9 Å². The van der Waals surface area contributed by atoms with Crippen LogP contribution in [0.5, 0.6) is 5.75 Å². The number of carbonyl (C=O) groups excluding carboxylic acids is 1. The van der Waals surface area contributed by atoms with E-state index in [-0.39, 0.29) is 11.6 Å². The van der Waals surface area contributed by atoms with Crippen molar-refractivity contribution in [3.05, 3.63) is 76.7 Å². The molecule has 0 atom stereocenters. The summed E-state index contributed by atoms with van der Waals surface area (Å²) in [5.41, 5.74) is 3.17. The summed E-state index contributed by atoms with van der Waals surface area (Å²) >= 11 is 5.97. The predicted molar refractivity (Wildman–Crippen MR) is 114 cm³/mol. The summed E-state index contributed by atoms with van der Waals surface area (Å²) in [6, 6.07) is 16.3. The Morgan fingerprint density at radius 1 is 1.00 bits per heavy atom. The first-order valence-corrected chi connectivity index (χ1v) is 9.55. The molecule has 0 unspecified atom stereocenters. The molecule has 0 aliphatic rings. The number of anilines is 1. The van der Waals surface area contributed by atoms with Crippen LogP contribution in [-0.4, -0.2) is 37.8 Å². The van der Waals surface area contributed by atoms with Gasteiger partial charge in [-0.3, -0.25) is 4.79 Å². The first-order valence-electron chi connectivity index (χ1n) is 9.17. The fourth-order valence-corrected chi connectivity index (χ4v) is 3.18. The first kappa shape index (κ1) is 19.7. The van der Waals surface area contributed by atoms with E-state index in [9.17, 15) is 4.79 Å². The van der Waals surface area contributed by atoms with E-state index in [4.69, 9.17) is 16.3 Å². The van der Waals surface area contributed by atoms with Gasteiger partial charge in [0.1, 0.15) is 11.6 Å². The molecular formula is C21H19ClN6O2. The van der Waals surface area contributed by atoms with Gasteiger partial charge in [0, 0.05) is 11.1 Å². The van der Waals surface area contributed by atoms with Gasteiger partial charge in [0.05, 0.1) is 29.9 Å². The van der Waals surface area contributed by atoms with Crippen LogP contribution < -0.4 is 10.1 Å². The molecule has 4 aromatic rings. The summed E-state index contributed by atoms with van der Waals surface area (Å²) in [6.07, 6.45) is 0. The lowest BCUT2D eigenvalue weighted by molar-refractivity contribution is 0.102. The van der Waals surface area contributed by atoms with Crippen LogP contribution in [-0.2, 0) is 0 Å². The Bertz CT molecular complexity index is 1200. The number of halogens is 1. The summed E-state index contributed by atoms with van der Waals surface area (Å²) in [7, 11) is 1.61. The lowest BCUT2D eigenvalue weighted by atomic mass is 10.2. The van der Waals surface area contributed by atoms with Crippen LogP contribution >= 0.6 is 11.6 Å². The van der Waals surface area contributed by atoms with Gasteiger partial charge in [-0.2, -0.15) is 5.10 Å². The van der Waals surface area contributed by atoms with Crippen LogP contribution in [0.3, 0.4) is 0 Å². The number of hydrogen-bond donors (Lipinski definition) is 1. The molecule has 2 aromatic carbocycles. The summed E-state index contributed by atoms with van der Waals surface area (Å²) in [5.74, 6) is 0.890. The number of benzene rings is 2. The molecule has 2 heterocycles. The first-order chi connectivity index (χ1) is 14.5. The molecule has 0 bridgehead atoms. The minimum Gasteiger partial charge on any atom is -0.497 e. The van der Waals surface area contributed by atoms with Gasteiger partial charge in [0.15, 0.2) is 5.69 Å². The Morgan fingerprint density at radius 3 is 2.30 bits per heavy atom. The highest BCUT2D eigenvalue weighted by atomic mass is 35.5. The van der Waals surface area contributed by atoms with E-state index in [0.717, 1.165) is 22.8 Å². The molecule has 0 saturated carbocycles. The third-order valence-corrected chi connectivity index (χ3v) is 4.82. The standard InChI is InChI=1S/C21H19ClN6O2/c1-13-12-19(28(25-13)17-6-4-15(22)5-7-17)23-21(29)20-14(2)27(26-24-20)16-8-10-18(30-3)11-9-16/h4-12H,1-3H3,(H,23,29). The number of nitrogens with one attached hydrogen (secondary N) is 1. The zero-order valence-corrected chi connectivity index (χ0v) is 17.4. The maximum Gasteiger partial charge on any atom is 0.279 e. The van der Waals surface area contributed by atoms with Crippen molar-refractivity contribution in [2.75, 3.05) is 12.4 Å². The van der Waals surface area contributed by atoms with E-state index in [1.165, 1.54) is 0 Å². The highest BCUT2D eigenvalue weighted by molar-refractivity contribution is 6.30. The van der Waals surface area contributed by atoms with Crippen molar-refractivity contribution in [3.8, 4) is 17.1 Å². The zero-order valence-electron chi connectivity index (χ0n) is 16.6. The number of ether oxygens (including phenoxy) is 1. The van der Waals surface area contributed by atoms with Crippen molar-refractivity contribution < 1.29 is 9.53 Å². The SMILES string of the molecule is COc1ccc(-n2nnc(C(=O)Nc3cc(C)nn3-c3ccc(Cl)cc3)c2C)cc1. The Morgan fingerprint density at radius 2 is 1.63 bits per heavy atom. The van der Waals surface area contributed by atoms with E-state index in [2.05, 4.69) is 20.7 Å². The van der Waals surface area contributed by atoms with Gasteiger partial charge in [-0.25, -0.2) is 9.36 Å². The van der Waals surface area contributed by atoms with E-state index in [1.807, 2.05) is 43.3 Å². The van der Waals surface area contributed by atoms with Gasteiger partial charge in [-0.05, 0) is 62.4 Å². The number of rotatable bonds is 5. The van der Waals surface area contributed by atoms with Gasteiger partial charge in [-0.15, -0.1) is 5.10 Å². The third-order valence-electron chi connectivity index (χ3n) is 4.57. The van der Waals surface area contributed by atoms with Crippen LogP contribution in [0.15, 0.2) is 54.6 Å². The highest BCUT2D eigenvalue weighted by Gasteiger charge is 2.20. The molecule has 1 N–H and O–H groups in total. The Labute approximate surface area is 178 Å². The van der Waals surface area contributed by atoms with Crippen LogP contribution in [0.2, 0.25) is 5.02 Å². The molecule has 8 nitrogen and oxygen atoms in total. The molecule has 4 rings (SSSR count). The van der Waals surface area contributed by atoms with Crippen LogP contribution in [0.4, 0.5) is 5.82 Å². The number of amides is 1. The number of nitrogens with zero attached hydrogens (tertiary/aromatic N) is 5. The average Bonchev–Trinajstić information content (AvgIpc) is 3.31. The monoisotopic (exact) mass is 422 g/mol. The minimum absolute atomic E-state index is 0.229. The smallest absolute Gasteiger partial charge is 0.279 e. The normalized spacial score (nSPS) is 10.8. The van der Waals surface area contributed by atoms with Gasteiger partial charge < -0.3 is 10.1 Å². The third kappa shape index (κ3) is 3.77. The zero-order chi connectivity index (χ0) is 21.3. The second kappa shape index (κ2) is 8.00. The highest BCUT2D eigenvalue weighted by Crippen LogP contribution is 2.21. The molecule has 30 heavy (non-hydrogen) atoms. The van der Waals surface area contributed by atoms with Crippen LogP contribution in [0.25, 0.3) is 11.4 Å². The predicted octanol–water partition coefficient (Wildman–Crippen LogP) is 3.98. The Balaban J connectivity index is 1.61. The lowest BCUT2D eigenvalue weighted by Gasteiger charge is -2.09. The average molecular weight is 423 g/mol. The van der Waals surface area contributed by atoms with Crippen molar-refractivity contribution in [2.24, 2.45) is 0 Å². The van der Waals surface area contributed by atoms with Crippen molar-refractivity contribution in [3.63, 3.8) is 0 Å². The van der Waals surface area contributed by atoms with Gasteiger partial charge >= 0.3 is 0 Å². The van der Waals surface area contributed by atoms with E-state index in [1.54, 1.807) is 41.6 Å². The summed E-state index contributed by atoms with van der Waals surface area (Å²) in [6.45, 7) is 3.65. The quantitative estimate of drug-likeness (QED) is 0.525. The summed E-state index contributed by atoms with van der Waals surface area (Å²) < 4.78 is 8.43. The van der Waals surface area contributed by atoms with E-state index < -0.39 is 0 Å². The maximum atomic E-state index is 12.9. The number of methoxy groups -OCH3 is 1. The minimum atomic E-state index is -0.373. The second-order valence-electron chi connectivity index (χ2n) is 6.65. The molecule has 0 aliphatic carbocycles. The molecule has 0 spiro atoms. The fraction of sp³-hybridized carbons (Fsp3) is 0.143. The molecule has 0 saturated heterocycles. The Kier molecular flexibility index (Phi) is 5.24. The molecule has 1 amide bonds. The van der Waals surface area contributed by atoms with Crippen LogP contribution in [0, 0.1) is 13.8 Å². The lowest BCUT2D eigenvalue weighted by Crippen LogP contribution is -2.17. The van der Waals surface area contributed by atoms with E-state index >= 15 is 0 Å². The Hall–Kier alpha value is -3.65. The van der Waals surface area contributed by atoms with Crippen molar-refractivity contribution in [2.45, 2.75) is 13.8 Å². The largest absolute Gasteiger partial charge is 0.497 e. The molecule has 9 heteroatoms. The number of hydrogen-bond acceptors (Lipinski definition) is 5. The fourth-order valence-electron chi connectivity index (χ4n) is 3.05. The molecule has 0 aliphatic heterocycles. The molecule has 152 valence electrons. The second-order valence-corrected chi connectivity index (χ2v) is 7.08. The van der Waals surface area contributed by atoms with Gasteiger partial charge in [0.2, 0.25) is 0 Å². The van der Waals surface area contributed by atoms with Gasteiger partial charge in [-0.1, -0.05) is 16.8 Å². The molecule has 0 fully saturated rings. The topological polar surface area (TPSA) is 86.9 Å².